The number of nitrogens with zero attached hydrogens (tertiary/aromatic N) is 1. The molecule has 0 aromatic rings. The largest absolute Gasteiger partial charge is 0.481 e. The number of rotatable bonds is 3. The van der Waals surface area contributed by atoms with Crippen molar-refractivity contribution in [3.8, 4) is 0 Å². The third kappa shape index (κ3) is 2.63. The molecule has 0 aromatic carbocycles. The molecule has 17 heavy (non-hydrogen) atoms. The van der Waals surface area contributed by atoms with Gasteiger partial charge in [0, 0.05) is 12.6 Å². The molecule has 0 spiro atoms. The van der Waals surface area contributed by atoms with Crippen molar-refractivity contribution in [3.63, 3.8) is 0 Å². The van der Waals surface area contributed by atoms with Crippen molar-refractivity contribution >= 4 is 5.97 Å². The van der Waals surface area contributed by atoms with Gasteiger partial charge in [-0.2, -0.15) is 0 Å². The summed E-state index contributed by atoms with van der Waals surface area (Å²) in [5, 5.41) is 9.20. The third-order valence-electron chi connectivity index (χ3n) is 4.64. The summed E-state index contributed by atoms with van der Waals surface area (Å²) in [7, 11) is 0. The molecule has 0 amide bonds. The fourth-order valence-electron chi connectivity index (χ4n) is 2.87. The fourth-order valence-corrected chi connectivity index (χ4v) is 2.87. The predicted octanol–water partition coefficient (Wildman–Crippen LogP) is 1.60. The molecule has 2 saturated heterocycles. The molecule has 98 valence electrons. The minimum atomic E-state index is -0.644. The Morgan fingerprint density at radius 3 is 2.59 bits per heavy atom. The first kappa shape index (κ1) is 12.8. The zero-order valence-electron chi connectivity index (χ0n) is 10.8. The maximum absolute atomic E-state index is 11.2. The van der Waals surface area contributed by atoms with Crippen LogP contribution in [0.5, 0.6) is 0 Å². The zero-order chi connectivity index (χ0) is 12.5. The number of aliphatic carboxylic acids is 1. The minimum Gasteiger partial charge on any atom is -0.481 e. The average molecular weight is 241 g/mol. The van der Waals surface area contributed by atoms with E-state index in [-0.39, 0.29) is 0 Å². The number of carboxylic acids is 1. The molecule has 1 N–H and O–H groups in total. The molecule has 0 saturated carbocycles. The van der Waals surface area contributed by atoms with Crippen LogP contribution in [0, 0.1) is 11.3 Å². The molecule has 4 nitrogen and oxygen atoms in total. The van der Waals surface area contributed by atoms with Gasteiger partial charge < -0.3 is 14.7 Å². The van der Waals surface area contributed by atoms with E-state index in [2.05, 4.69) is 11.8 Å². The average Bonchev–Trinajstić information content (AvgIpc) is 2.82. The number of carboxylic acid groups (broad SMARTS) is 1. The molecule has 0 radical (unpaired) electrons. The maximum Gasteiger partial charge on any atom is 0.309 e. The maximum atomic E-state index is 11.2. The van der Waals surface area contributed by atoms with Crippen LogP contribution in [0.3, 0.4) is 0 Å². The summed E-state index contributed by atoms with van der Waals surface area (Å²) >= 11 is 0. The standard InChI is InChI=1S/C13H23NO3/c1-10(11-3-8-17-9-11)14-6-4-13(2,5-7-14)12(15)16/h10-11H,3-9H2,1-2H3,(H,15,16). The molecule has 2 atom stereocenters. The Balaban J connectivity index is 1.88. The van der Waals surface area contributed by atoms with E-state index in [9.17, 15) is 9.90 Å². The summed E-state index contributed by atoms with van der Waals surface area (Å²) in [5.74, 6) is -0.0156. The Hall–Kier alpha value is -0.610. The van der Waals surface area contributed by atoms with Gasteiger partial charge in [-0.3, -0.25) is 4.79 Å². The fraction of sp³-hybridized carbons (Fsp3) is 0.923. The SMILES string of the molecule is CC(C1CCOC1)N1CCC(C)(C(=O)O)CC1. The van der Waals surface area contributed by atoms with Gasteiger partial charge in [-0.05, 0) is 52.1 Å². The summed E-state index contributed by atoms with van der Waals surface area (Å²) in [6.45, 7) is 7.68. The number of piperidine rings is 1. The molecular weight excluding hydrogens is 218 g/mol. The van der Waals surface area contributed by atoms with E-state index in [0.717, 1.165) is 45.6 Å². The number of ether oxygens (including phenoxy) is 1. The highest BCUT2D eigenvalue weighted by atomic mass is 16.5. The van der Waals surface area contributed by atoms with E-state index in [1.807, 2.05) is 6.92 Å². The molecule has 0 aliphatic carbocycles. The summed E-state index contributed by atoms with van der Waals surface area (Å²) in [6.07, 6.45) is 2.67. The second-order valence-electron chi connectivity index (χ2n) is 5.77. The van der Waals surface area contributed by atoms with Gasteiger partial charge in [0.2, 0.25) is 0 Å². The van der Waals surface area contributed by atoms with Gasteiger partial charge in [0.25, 0.3) is 0 Å². The van der Waals surface area contributed by atoms with E-state index in [1.54, 1.807) is 0 Å². The first-order valence-corrected chi connectivity index (χ1v) is 6.58. The first-order chi connectivity index (χ1) is 8.03. The summed E-state index contributed by atoms with van der Waals surface area (Å²) < 4.78 is 5.43. The van der Waals surface area contributed by atoms with Crippen LogP contribution in [0.1, 0.15) is 33.1 Å². The number of hydrogen-bond acceptors (Lipinski definition) is 3. The lowest BCUT2D eigenvalue weighted by atomic mass is 9.79. The van der Waals surface area contributed by atoms with Crippen LogP contribution in [-0.2, 0) is 9.53 Å². The molecule has 2 unspecified atom stereocenters. The molecule has 4 heteroatoms. The van der Waals surface area contributed by atoms with Crippen molar-refractivity contribution < 1.29 is 14.6 Å². The summed E-state index contributed by atoms with van der Waals surface area (Å²) in [4.78, 5) is 13.6. The molecule has 2 heterocycles. The van der Waals surface area contributed by atoms with Crippen LogP contribution >= 0.6 is 0 Å². The van der Waals surface area contributed by atoms with Crippen LogP contribution in [-0.4, -0.2) is 48.3 Å². The zero-order valence-corrected chi connectivity index (χ0v) is 10.8. The smallest absolute Gasteiger partial charge is 0.309 e. The second kappa shape index (κ2) is 4.94. The molecular formula is C13H23NO3. The number of likely N-dealkylation sites (tertiary alicyclic amines) is 1. The monoisotopic (exact) mass is 241 g/mol. The molecule has 0 bridgehead atoms. The van der Waals surface area contributed by atoms with E-state index in [1.165, 1.54) is 0 Å². The lowest BCUT2D eigenvalue weighted by molar-refractivity contribution is -0.151. The lowest BCUT2D eigenvalue weighted by Gasteiger charge is -2.41. The topological polar surface area (TPSA) is 49.8 Å². The molecule has 2 rings (SSSR count). The van der Waals surface area contributed by atoms with Crippen molar-refractivity contribution in [1.29, 1.82) is 0 Å². The third-order valence-corrected chi connectivity index (χ3v) is 4.64. The molecule has 2 aliphatic heterocycles. The Morgan fingerprint density at radius 1 is 1.47 bits per heavy atom. The minimum absolute atomic E-state index is 0.512. The second-order valence-corrected chi connectivity index (χ2v) is 5.77. The molecule has 0 aromatic heterocycles. The van der Waals surface area contributed by atoms with E-state index >= 15 is 0 Å². The Morgan fingerprint density at radius 2 is 2.12 bits per heavy atom. The molecule has 2 aliphatic rings. The highest BCUT2D eigenvalue weighted by molar-refractivity contribution is 5.74. The lowest BCUT2D eigenvalue weighted by Crippen LogP contribution is -2.48. The van der Waals surface area contributed by atoms with Crippen molar-refractivity contribution in [3.05, 3.63) is 0 Å². The summed E-state index contributed by atoms with van der Waals surface area (Å²) in [6, 6.07) is 0.524. The normalized spacial score (nSPS) is 31.3. The van der Waals surface area contributed by atoms with Crippen LogP contribution in [0.4, 0.5) is 0 Å². The number of hydrogen-bond donors (Lipinski definition) is 1. The first-order valence-electron chi connectivity index (χ1n) is 6.58. The van der Waals surface area contributed by atoms with Crippen molar-refractivity contribution in [1.82, 2.24) is 4.90 Å². The van der Waals surface area contributed by atoms with E-state index in [0.29, 0.717) is 12.0 Å². The van der Waals surface area contributed by atoms with Gasteiger partial charge >= 0.3 is 5.97 Å². The van der Waals surface area contributed by atoms with E-state index in [4.69, 9.17) is 4.74 Å². The summed E-state index contributed by atoms with van der Waals surface area (Å²) in [5.41, 5.74) is -0.512. The Kier molecular flexibility index (Phi) is 3.73. The van der Waals surface area contributed by atoms with Crippen LogP contribution in [0.15, 0.2) is 0 Å². The quantitative estimate of drug-likeness (QED) is 0.815. The van der Waals surface area contributed by atoms with Crippen LogP contribution in [0.2, 0.25) is 0 Å². The van der Waals surface area contributed by atoms with Gasteiger partial charge in [-0.25, -0.2) is 0 Å². The highest BCUT2D eigenvalue weighted by Crippen LogP contribution is 2.33. The van der Waals surface area contributed by atoms with Gasteiger partial charge in [0.15, 0.2) is 0 Å². The Bertz CT molecular complexity index is 278. The van der Waals surface area contributed by atoms with Crippen LogP contribution < -0.4 is 0 Å². The van der Waals surface area contributed by atoms with Crippen molar-refractivity contribution in [2.45, 2.75) is 39.2 Å². The number of carbonyl (C=O) groups is 1. The predicted molar refractivity (Wildman–Crippen MR) is 64.9 cm³/mol. The van der Waals surface area contributed by atoms with Crippen molar-refractivity contribution in [2.75, 3.05) is 26.3 Å². The van der Waals surface area contributed by atoms with Gasteiger partial charge in [-0.1, -0.05) is 0 Å². The Labute approximate surface area is 103 Å². The highest BCUT2D eigenvalue weighted by Gasteiger charge is 2.39. The van der Waals surface area contributed by atoms with Crippen LogP contribution in [0.25, 0.3) is 0 Å². The van der Waals surface area contributed by atoms with E-state index < -0.39 is 11.4 Å². The molecule has 2 fully saturated rings. The van der Waals surface area contributed by atoms with Gasteiger partial charge in [0.1, 0.15) is 0 Å². The van der Waals surface area contributed by atoms with Crippen molar-refractivity contribution in [2.24, 2.45) is 11.3 Å². The van der Waals surface area contributed by atoms with Gasteiger partial charge in [-0.15, -0.1) is 0 Å². The van der Waals surface area contributed by atoms with Gasteiger partial charge in [0.05, 0.1) is 12.0 Å².